The van der Waals surface area contributed by atoms with Gasteiger partial charge in [0.1, 0.15) is 5.75 Å². The Morgan fingerprint density at radius 1 is 0.857 bits per heavy atom. The largest absolute Gasteiger partial charge is 0.494 e. The van der Waals surface area contributed by atoms with Crippen molar-refractivity contribution in [1.82, 2.24) is 9.55 Å². The highest BCUT2D eigenvalue weighted by Crippen LogP contribution is 2.33. The first-order valence-electron chi connectivity index (χ1n) is 9.64. The first-order chi connectivity index (χ1) is 13.8. The molecule has 0 radical (unpaired) electrons. The lowest BCUT2D eigenvalue weighted by Gasteiger charge is -2.37. The van der Waals surface area contributed by atoms with Gasteiger partial charge >= 0.3 is 0 Å². The first kappa shape index (κ1) is 18.3. The van der Waals surface area contributed by atoms with Crippen LogP contribution in [0.25, 0.3) is 0 Å². The number of imidazole rings is 1. The van der Waals surface area contributed by atoms with E-state index in [1.807, 2.05) is 19.4 Å². The van der Waals surface area contributed by atoms with Crippen LogP contribution in [0.3, 0.4) is 0 Å². The van der Waals surface area contributed by atoms with E-state index in [-0.39, 0.29) is 5.16 Å². The zero-order valence-corrected chi connectivity index (χ0v) is 17.4. The Balaban J connectivity index is 1.87. The quantitative estimate of drug-likeness (QED) is 0.456. The highest BCUT2D eigenvalue weighted by Gasteiger charge is 2.36. The van der Waals surface area contributed by atoms with Crippen molar-refractivity contribution >= 4 is 14.7 Å². The minimum atomic E-state index is -0.832. The minimum absolute atomic E-state index is 0.244. The van der Waals surface area contributed by atoms with E-state index in [4.69, 9.17) is 4.74 Å². The fourth-order valence-electron chi connectivity index (χ4n) is 3.84. The lowest BCUT2D eigenvalue weighted by molar-refractivity contribution is 0.340. The third-order valence-corrected chi connectivity index (χ3v) is 7.72. The molecule has 0 aliphatic heterocycles. The molecule has 0 saturated carbocycles. The number of rotatable bonds is 7. The van der Waals surface area contributed by atoms with Crippen LogP contribution >= 0.6 is 0 Å². The number of hydrogen-bond donors (Lipinski definition) is 0. The monoisotopic (exact) mass is 384 g/mol. The van der Waals surface area contributed by atoms with Gasteiger partial charge in [-0.1, -0.05) is 78.0 Å². The molecule has 140 valence electrons. The molecule has 0 bridgehead atoms. The molecule has 4 aromatic rings. The standard InChI is InChI=1S/C24H24N2OSi/c1-2-27-22-13-15-23(16-14-22)28-24(26-18-17-25-19-26,20-9-5-3-6-10-20)21-11-7-4-8-12-21/h3-19H,2,28H2,1H3. The Hall–Kier alpha value is -3.11. The van der Waals surface area contributed by atoms with Crippen LogP contribution in [0.15, 0.2) is 104 Å². The normalized spacial score (nSPS) is 11.8. The van der Waals surface area contributed by atoms with Crippen molar-refractivity contribution in [3.63, 3.8) is 0 Å². The molecule has 0 fully saturated rings. The number of aromatic nitrogens is 2. The van der Waals surface area contributed by atoms with Crippen molar-refractivity contribution in [1.29, 1.82) is 0 Å². The maximum atomic E-state index is 5.63. The molecule has 1 heterocycles. The maximum absolute atomic E-state index is 5.63. The molecule has 3 aromatic carbocycles. The molecule has 1 aromatic heterocycles. The van der Waals surface area contributed by atoms with Crippen LogP contribution in [0.4, 0.5) is 0 Å². The summed E-state index contributed by atoms with van der Waals surface area (Å²) in [5.74, 6) is 0.924. The van der Waals surface area contributed by atoms with Gasteiger partial charge in [-0.3, -0.25) is 0 Å². The summed E-state index contributed by atoms with van der Waals surface area (Å²) in [6.07, 6.45) is 5.90. The van der Waals surface area contributed by atoms with Crippen LogP contribution in [0, 0.1) is 0 Å². The van der Waals surface area contributed by atoms with Crippen molar-refractivity contribution in [2.45, 2.75) is 12.1 Å². The molecule has 4 rings (SSSR count). The Morgan fingerprint density at radius 3 is 1.96 bits per heavy atom. The number of benzene rings is 3. The Labute approximate surface area is 168 Å². The molecule has 0 unspecified atom stereocenters. The predicted molar refractivity (Wildman–Crippen MR) is 117 cm³/mol. The molecule has 0 aliphatic carbocycles. The van der Waals surface area contributed by atoms with E-state index in [1.54, 1.807) is 0 Å². The van der Waals surface area contributed by atoms with Crippen LogP contribution in [-0.2, 0) is 5.16 Å². The molecular formula is C24H24N2OSi. The molecule has 3 nitrogen and oxygen atoms in total. The third-order valence-electron chi connectivity index (χ3n) is 5.14. The molecule has 0 atom stereocenters. The van der Waals surface area contributed by atoms with E-state index >= 15 is 0 Å². The lowest BCUT2D eigenvalue weighted by Crippen LogP contribution is -2.46. The summed E-state index contributed by atoms with van der Waals surface area (Å²) < 4.78 is 7.91. The van der Waals surface area contributed by atoms with E-state index in [2.05, 4.69) is 101 Å². The van der Waals surface area contributed by atoms with Crippen LogP contribution in [0.2, 0.25) is 0 Å². The van der Waals surface area contributed by atoms with E-state index in [0.717, 1.165) is 5.75 Å². The molecule has 0 amide bonds. The molecule has 0 aliphatic rings. The summed E-state index contributed by atoms with van der Waals surface area (Å²) >= 11 is 0. The van der Waals surface area contributed by atoms with Crippen molar-refractivity contribution in [2.24, 2.45) is 0 Å². The third kappa shape index (κ3) is 3.51. The van der Waals surface area contributed by atoms with Crippen molar-refractivity contribution in [3.8, 4) is 5.75 Å². The van der Waals surface area contributed by atoms with E-state index in [0.29, 0.717) is 6.61 Å². The summed E-state index contributed by atoms with van der Waals surface area (Å²) in [6.45, 7) is 2.70. The summed E-state index contributed by atoms with van der Waals surface area (Å²) in [6, 6.07) is 30.2. The summed E-state index contributed by atoms with van der Waals surface area (Å²) in [5.41, 5.74) is 2.58. The second-order valence-corrected chi connectivity index (χ2v) is 9.01. The number of nitrogens with zero attached hydrogens (tertiary/aromatic N) is 2. The molecule has 28 heavy (non-hydrogen) atoms. The van der Waals surface area contributed by atoms with E-state index < -0.39 is 9.52 Å². The zero-order chi connectivity index (χ0) is 19.2. The average Bonchev–Trinajstić information content (AvgIpc) is 3.30. The number of ether oxygens (including phenoxy) is 1. The minimum Gasteiger partial charge on any atom is -0.494 e. The van der Waals surface area contributed by atoms with Gasteiger partial charge < -0.3 is 9.30 Å². The average molecular weight is 385 g/mol. The molecule has 0 spiro atoms. The van der Waals surface area contributed by atoms with Crippen LogP contribution < -0.4 is 9.92 Å². The smallest absolute Gasteiger partial charge is 0.119 e. The zero-order valence-electron chi connectivity index (χ0n) is 16.0. The van der Waals surface area contributed by atoms with E-state index in [1.165, 1.54) is 16.3 Å². The van der Waals surface area contributed by atoms with Gasteiger partial charge in [-0.25, -0.2) is 4.98 Å². The van der Waals surface area contributed by atoms with Gasteiger partial charge in [0.25, 0.3) is 0 Å². The van der Waals surface area contributed by atoms with Gasteiger partial charge in [0.05, 0.1) is 27.6 Å². The molecule has 0 saturated heterocycles. The fraction of sp³-hybridized carbons (Fsp3) is 0.125. The van der Waals surface area contributed by atoms with Crippen LogP contribution in [-0.4, -0.2) is 25.7 Å². The van der Waals surface area contributed by atoms with Gasteiger partial charge in [0.15, 0.2) is 0 Å². The second kappa shape index (κ2) is 8.27. The van der Waals surface area contributed by atoms with Gasteiger partial charge in [-0.15, -0.1) is 0 Å². The topological polar surface area (TPSA) is 27.1 Å². The molecule has 0 N–H and O–H groups in total. The molecular weight excluding hydrogens is 360 g/mol. The molecule has 4 heteroatoms. The van der Waals surface area contributed by atoms with Crippen LogP contribution in [0.1, 0.15) is 18.1 Å². The van der Waals surface area contributed by atoms with Gasteiger partial charge in [0, 0.05) is 12.4 Å². The summed E-state index contributed by atoms with van der Waals surface area (Å²) in [4.78, 5) is 4.38. The summed E-state index contributed by atoms with van der Waals surface area (Å²) in [5, 5.41) is 1.14. The van der Waals surface area contributed by atoms with Crippen molar-refractivity contribution < 1.29 is 4.74 Å². The number of hydrogen-bond acceptors (Lipinski definition) is 2. The van der Waals surface area contributed by atoms with Crippen LogP contribution in [0.5, 0.6) is 5.75 Å². The van der Waals surface area contributed by atoms with E-state index in [9.17, 15) is 0 Å². The highest BCUT2D eigenvalue weighted by atomic mass is 28.2. The Kier molecular flexibility index (Phi) is 5.40. The second-order valence-electron chi connectivity index (χ2n) is 6.82. The Morgan fingerprint density at radius 2 is 1.46 bits per heavy atom. The van der Waals surface area contributed by atoms with Crippen molar-refractivity contribution in [2.75, 3.05) is 6.61 Å². The fourth-order valence-corrected chi connectivity index (χ4v) is 6.15. The van der Waals surface area contributed by atoms with Gasteiger partial charge in [0.2, 0.25) is 0 Å². The van der Waals surface area contributed by atoms with Gasteiger partial charge in [-0.2, -0.15) is 0 Å². The first-order valence-corrected chi connectivity index (χ1v) is 11.1. The van der Waals surface area contributed by atoms with Gasteiger partial charge in [-0.05, 0) is 30.2 Å². The summed E-state index contributed by atoms with van der Waals surface area (Å²) in [7, 11) is -0.832. The highest BCUT2D eigenvalue weighted by molar-refractivity contribution is 6.57. The SMILES string of the molecule is CCOc1ccc([SiH2]C(c2ccccc2)(c2ccccc2)n2ccnc2)cc1. The Bertz CT molecular complexity index is 944. The van der Waals surface area contributed by atoms with Crippen molar-refractivity contribution in [3.05, 3.63) is 115 Å². The lowest BCUT2D eigenvalue weighted by atomic mass is 9.97. The maximum Gasteiger partial charge on any atom is 0.119 e. The predicted octanol–water partition coefficient (Wildman–Crippen LogP) is 3.53.